The molecule has 7 rings (SSSR count). The normalized spacial score (nSPS) is 18.1. The number of aliphatic carboxylic acids is 1. The molecule has 252 valence electrons. The Labute approximate surface area is 289 Å². The number of benzene rings is 2. The lowest BCUT2D eigenvalue weighted by atomic mass is 9.90. The van der Waals surface area contributed by atoms with E-state index in [1.807, 2.05) is 54.9 Å². The second-order valence-electron chi connectivity index (χ2n) is 13.4. The number of amides is 1. The molecule has 0 spiro atoms. The maximum absolute atomic E-state index is 13.4. The molecule has 0 bridgehead atoms. The van der Waals surface area contributed by atoms with Crippen LogP contribution in [-0.4, -0.2) is 78.0 Å². The van der Waals surface area contributed by atoms with E-state index in [1.54, 1.807) is 19.2 Å². The van der Waals surface area contributed by atoms with Crippen molar-refractivity contribution in [3.05, 3.63) is 88.4 Å². The number of pyridine rings is 1. The number of carboxylic acids is 1. The molecule has 49 heavy (non-hydrogen) atoms. The van der Waals surface area contributed by atoms with Crippen LogP contribution in [0.4, 0.5) is 17.2 Å². The number of aromatic nitrogens is 5. The maximum Gasteiger partial charge on any atom is 0.310 e. The van der Waals surface area contributed by atoms with Gasteiger partial charge < -0.3 is 25.2 Å². The van der Waals surface area contributed by atoms with E-state index >= 15 is 0 Å². The van der Waals surface area contributed by atoms with Crippen molar-refractivity contribution in [3.8, 4) is 11.1 Å². The lowest BCUT2D eigenvalue weighted by Crippen LogP contribution is -2.31. The smallest absolute Gasteiger partial charge is 0.310 e. The van der Waals surface area contributed by atoms with Crippen LogP contribution in [0.3, 0.4) is 0 Å². The van der Waals surface area contributed by atoms with Gasteiger partial charge in [-0.3, -0.25) is 19.5 Å². The highest BCUT2D eigenvalue weighted by molar-refractivity contribution is 6.36. The highest BCUT2D eigenvalue weighted by Gasteiger charge is 2.40. The standard InChI is InChI=1S/C36H38ClN9O3/c1-21-23(24-8-6-10-26(30(24)37)43-34(47)33-42-28-18-44(3)13-11-29(28)45(33)4)7-5-9-25(21)41-32-31-27(39-20-40-32)15-22(16-38-31)17-46-14-12-36(2,19-46)35(48)49/h5-10,15-16,20H,11-14,17-19H2,1-4H3,(H,43,47)(H,48,49)(H,39,40,41)/t36-/m1/s1. The number of carboxylic acid groups (broad SMARTS) is 1. The minimum Gasteiger partial charge on any atom is -0.481 e. The van der Waals surface area contributed by atoms with Crippen molar-refractivity contribution >= 4 is 51.7 Å². The lowest BCUT2D eigenvalue weighted by molar-refractivity contribution is -0.147. The van der Waals surface area contributed by atoms with Crippen molar-refractivity contribution in [2.45, 2.75) is 39.8 Å². The predicted octanol–water partition coefficient (Wildman–Crippen LogP) is 5.67. The van der Waals surface area contributed by atoms with E-state index in [-0.39, 0.29) is 5.91 Å². The third-order valence-corrected chi connectivity index (χ3v) is 10.2. The first kappa shape index (κ1) is 32.6. The molecule has 1 amide bonds. The molecular formula is C36H38ClN9O3. The largest absolute Gasteiger partial charge is 0.481 e. The molecule has 0 saturated carbocycles. The number of halogens is 1. The number of nitrogens with one attached hydrogen (secondary N) is 2. The monoisotopic (exact) mass is 679 g/mol. The Balaban J connectivity index is 1.11. The van der Waals surface area contributed by atoms with Gasteiger partial charge in [0.25, 0.3) is 5.91 Å². The number of hydrogen-bond donors (Lipinski definition) is 3. The summed E-state index contributed by atoms with van der Waals surface area (Å²) in [5, 5.41) is 16.5. The number of nitrogens with zero attached hydrogens (tertiary/aromatic N) is 7. The summed E-state index contributed by atoms with van der Waals surface area (Å²) in [7, 11) is 3.93. The second kappa shape index (κ2) is 12.8. The highest BCUT2D eigenvalue weighted by Crippen LogP contribution is 2.38. The van der Waals surface area contributed by atoms with Crippen LogP contribution >= 0.6 is 11.6 Å². The van der Waals surface area contributed by atoms with E-state index in [9.17, 15) is 14.7 Å². The van der Waals surface area contributed by atoms with Gasteiger partial charge in [0, 0.05) is 62.8 Å². The van der Waals surface area contributed by atoms with Crippen LogP contribution in [0.2, 0.25) is 5.02 Å². The average molecular weight is 680 g/mol. The first-order chi connectivity index (χ1) is 23.5. The van der Waals surface area contributed by atoms with E-state index in [0.29, 0.717) is 59.4 Å². The molecule has 0 radical (unpaired) electrons. The lowest BCUT2D eigenvalue weighted by Gasteiger charge is -2.21. The topological polar surface area (TPSA) is 141 Å². The van der Waals surface area contributed by atoms with Crippen LogP contribution in [0, 0.1) is 12.3 Å². The van der Waals surface area contributed by atoms with E-state index in [0.717, 1.165) is 58.8 Å². The van der Waals surface area contributed by atoms with Gasteiger partial charge in [-0.15, -0.1) is 0 Å². The van der Waals surface area contributed by atoms with Gasteiger partial charge in [-0.2, -0.15) is 0 Å². The summed E-state index contributed by atoms with van der Waals surface area (Å²) in [5.74, 6) is -0.147. The van der Waals surface area contributed by atoms with Crippen molar-refractivity contribution in [1.29, 1.82) is 0 Å². The molecule has 5 aromatic rings. The summed E-state index contributed by atoms with van der Waals surface area (Å²) < 4.78 is 1.88. The molecule has 2 aliphatic rings. The van der Waals surface area contributed by atoms with E-state index < -0.39 is 11.4 Å². The Morgan fingerprint density at radius 3 is 2.59 bits per heavy atom. The minimum absolute atomic E-state index is 0.309. The summed E-state index contributed by atoms with van der Waals surface area (Å²) >= 11 is 6.97. The quantitative estimate of drug-likeness (QED) is 0.188. The molecule has 1 atom stereocenters. The molecule has 0 unspecified atom stereocenters. The second-order valence-corrected chi connectivity index (χ2v) is 13.7. The van der Waals surface area contributed by atoms with Gasteiger partial charge in [-0.05, 0) is 68.8 Å². The molecule has 2 aromatic carbocycles. The summed E-state index contributed by atoms with van der Waals surface area (Å²) in [4.78, 5) is 47.8. The zero-order valence-corrected chi connectivity index (χ0v) is 28.7. The zero-order valence-electron chi connectivity index (χ0n) is 27.9. The number of anilines is 3. The third kappa shape index (κ3) is 6.23. The van der Waals surface area contributed by atoms with Gasteiger partial charge in [-0.1, -0.05) is 35.9 Å². The number of fused-ring (bicyclic) bond motifs is 2. The maximum atomic E-state index is 13.4. The molecule has 1 saturated heterocycles. The van der Waals surface area contributed by atoms with Crippen molar-refractivity contribution in [1.82, 2.24) is 34.3 Å². The molecular weight excluding hydrogens is 642 g/mol. The fourth-order valence-electron chi connectivity index (χ4n) is 6.85. The number of likely N-dealkylation sites (tertiary alicyclic amines) is 1. The van der Waals surface area contributed by atoms with Gasteiger partial charge in [0.15, 0.2) is 11.6 Å². The summed E-state index contributed by atoms with van der Waals surface area (Å²) in [6.45, 7) is 7.26. The van der Waals surface area contributed by atoms with E-state index in [4.69, 9.17) is 16.6 Å². The predicted molar refractivity (Wildman–Crippen MR) is 189 cm³/mol. The molecule has 3 aromatic heterocycles. The van der Waals surface area contributed by atoms with Crippen LogP contribution in [0.1, 0.15) is 46.5 Å². The van der Waals surface area contributed by atoms with Crippen molar-refractivity contribution in [2.24, 2.45) is 12.5 Å². The number of hydrogen-bond acceptors (Lipinski definition) is 9. The van der Waals surface area contributed by atoms with Gasteiger partial charge in [0.05, 0.1) is 27.3 Å². The van der Waals surface area contributed by atoms with Crippen LogP contribution < -0.4 is 10.6 Å². The number of imidazole rings is 1. The molecule has 5 heterocycles. The molecule has 2 aliphatic heterocycles. The highest BCUT2D eigenvalue weighted by atomic mass is 35.5. The summed E-state index contributed by atoms with van der Waals surface area (Å²) in [6, 6.07) is 13.5. The Kier molecular flexibility index (Phi) is 8.55. The molecule has 3 N–H and O–H groups in total. The number of carbonyl (C=O) groups excluding carboxylic acids is 1. The van der Waals surface area contributed by atoms with E-state index in [2.05, 4.69) is 42.4 Å². The third-order valence-electron chi connectivity index (χ3n) is 9.78. The summed E-state index contributed by atoms with van der Waals surface area (Å²) in [5.41, 5.74) is 7.50. The molecule has 13 heteroatoms. The van der Waals surface area contributed by atoms with Crippen LogP contribution in [0.15, 0.2) is 55.0 Å². The summed E-state index contributed by atoms with van der Waals surface area (Å²) in [6.07, 6.45) is 4.77. The van der Waals surface area contributed by atoms with Gasteiger partial charge >= 0.3 is 5.97 Å². The minimum atomic E-state index is -0.761. The first-order valence-electron chi connectivity index (χ1n) is 16.3. The average Bonchev–Trinajstić information content (AvgIpc) is 3.62. The first-order valence-corrected chi connectivity index (χ1v) is 16.6. The van der Waals surface area contributed by atoms with Gasteiger partial charge in [-0.25, -0.2) is 15.0 Å². The van der Waals surface area contributed by atoms with Crippen molar-refractivity contribution in [3.63, 3.8) is 0 Å². The number of likely N-dealkylation sites (N-methyl/N-ethyl adjacent to an activating group) is 1. The Bertz CT molecular complexity index is 2120. The zero-order chi connectivity index (χ0) is 34.4. The SMILES string of the molecule is Cc1c(Nc2ncnc3cc(CN4CC[C@@](C)(C(=O)O)C4)cnc23)cccc1-c1cccc(NC(=O)c2nc3c(n2C)CCN(C)C3)c1Cl. The number of rotatable bonds is 8. The van der Waals surface area contributed by atoms with Crippen LogP contribution in [0.5, 0.6) is 0 Å². The van der Waals surface area contributed by atoms with Crippen molar-refractivity contribution < 1.29 is 14.7 Å². The fraction of sp³-hybridized carbons (Fsp3) is 0.333. The van der Waals surface area contributed by atoms with Crippen LogP contribution in [-0.2, 0) is 31.4 Å². The van der Waals surface area contributed by atoms with Gasteiger partial charge in [0.2, 0.25) is 0 Å². The molecule has 1 fully saturated rings. The fourth-order valence-corrected chi connectivity index (χ4v) is 7.13. The number of carbonyl (C=O) groups is 2. The molecule has 0 aliphatic carbocycles. The van der Waals surface area contributed by atoms with Gasteiger partial charge in [0.1, 0.15) is 11.8 Å². The van der Waals surface area contributed by atoms with Crippen LogP contribution in [0.25, 0.3) is 22.2 Å². The Hall–Kier alpha value is -4.91. The molecule has 12 nitrogen and oxygen atoms in total. The van der Waals surface area contributed by atoms with Crippen molar-refractivity contribution in [2.75, 3.05) is 37.3 Å². The van der Waals surface area contributed by atoms with E-state index in [1.165, 1.54) is 6.33 Å². The Morgan fingerprint density at radius 2 is 1.82 bits per heavy atom. The Morgan fingerprint density at radius 1 is 1.04 bits per heavy atom.